The van der Waals surface area contributed by atoms with Crippen LogP contribution < -0.4 is 0 Å². The molecule has 0 aliphatic heterocycles. The number of halogens is 4. The first kappa shape index (κ1) is 15.6. The van der Waals surface area contributed by atoms with Crippen LogP contribution in [0.1, 0.15) is 37.4 Å². The lowest BCUT2D eigenvalue weighted by Crippen LogP contribution is -2.35. The Morgan fingerprint density at radius 3 is 2.65 bits per heavy atom. The molecular weight excluding hydrogens is 291 g/mol. The molecule has 3 nitrogen and oxygen atoms in total. The van der Waals surface area contributed by atoms with Crippen LogP contribution in [0.5, 0.6) is 0 Å². The molecule has 1 aliphatic carbocycles. The Morgan fingerprint density at radius 2 is 2.05 bits per heavy atom. The molecule has 0 aromatic carbocycles. The lowest BCUT2D eigenvalue weighted by molar-refractivity contribution is -0.146. The van der Waals surface area contributed by atoms with Gasteiger partial charge in [0, 0.05) is 25.2 Å². The van der Waals surface area contributed by atoms with E-state index in [0.29, 0.717) is 11.7 Å². The fourth-order valence-corrected chi connectivity index (χ4v) is 2.89. The van der Waals surface area contributed by atoms with Crippen molar-refractivity contribution in [2.45, 2.75) is 44.4 Å². The van der Waals surface area contributed by atoms with E-state index in [1.54, 1.807) is 6.07 Å². The van der Waals surface area contributed by atoms with Gasteiger partial charge in [-0.25, -0.2) is 0 Å². The normalized spacial score (nSPS) is 17.2. The van der Waals surface area contributed by atoms with Gasteiger partial charge in [-0.1, -0.05) is 12.8 Å². The average Bonchev–Trinajstić information content (AvgIpc) is 2.96. The highest BCUT2D eigenvalue weighted by Gasteiger charge is 2.30. The Bertz CT molecular complexity index is 413. The van der Waals surface area contributed by atoms with Gasteiger partial charge in [-0.15, -0.1) is 11.6 Å². The van der Waals surface area contributed by atoms with Crippen molar-refractivity contribution in [3.63, 3.8) is 0 Å². The van der Waals surface area contributed by atoms with E-state index < -0.39 is 12.7 Å². The fourth-order valence-electron chi connectivity index (χ4n) is 2.65. The molecule has 1 aromatic heterocycles. The molecule has 0 spiro atoms. The first-order valence-electron chi connectivity index (χ1n) is 6.87. The number of nitrogens with zero attached hydrogens (tertiary/aromatic N) is 3. The van der Waals surface area contributed by atoms with Crippen LogP contribution in [-0.2, 0) is 6.54 Å². The molecule has 0 unspecified atom stereocenters. The van der Waals surface area contributed by atoms with Crippen molar-refractivity contribution >= 4 is 11.6 Å². The molecule has 1 heterocycles. The number of hydrogen-bond acceptors (Lipinski definition) is 2. The first-order valence-corrected chi connectivity index (χ1v) is 7.40. The Morgan fingerprint density at radius 1 is 1.35 bits per heavy atom. The molecule has 7 heteroatoms. The van der Waals surface area contributed by atoms with Crippen molar-refractivity contribution < 1.29 is 13.2 Å². The average molecular weight is 310 g/mol. The molecule has 0 radical (unpaired) electrons. The second-order valence-electron chi connectivity index (χ2n) is 5.24. The van der Waals surface area contributed by atoms with E-state index in [1.807, 2.05) is 10.9 Å². The zero-order valence-electron chi connectivity index (χ0n) is 11.2. The van der Waals surface area contributed by atoms with Crippen LogP contribution in [0.3, 0.4) is 0 Å². The van der Waals surface area contributed by atoms with Gasteiger partial charge in [0.1, 0.15) is 0 Å². The molecule has 0 atom stereocenters. The quantitative estimate of drug-likeness (QED) is 0.749. The minimum atomic E-state index is -4.21. The van der Waals surface area contributed by atoms with Crippen LogP contribution in [-0.4, -0.2) is 39.8 Å². The molecule has 1 aromatic rings. The van der Waals surface area contributed by atoms with E-state index in [1.165, 1.54) is 17.7 Å². The number of alkyl halides is 4. The molecule has 1 fully saturated rings. The topological polar surface area (TPSA) is 21.1 Å². The standard InChI is InChI=1S/C13H19ClF3N3/c14-6-8-19(10-13(15,16)17)9-11-5-7-20(18-11)12-3-1-2-4-12/h5,7,12H,1-4,6,8-10H2. The number of hydrogen-bond donors (Lipinski definition) is 0. The van der Waals surface area contributed by atoms with E-state index in [0.717, 1.165) is 12.8 Å². The molecule has 2 rings (SSSR count). The zero-order valence-corrected chi connectivity index (χ0v) is 12.0. The van der Waals surface area contributed by atoms with E-state index in [4.69, 9.17) is 11.6 Å². The predicted molar refractivity (Wildman–Crippen MR) is 71.8 cm³/mol. The second-order valence-corrected chi connectivity index (χ2v) is 5.62. The van der Waals surface area contributed by atoms with E-state index in [9.17, 15) is 13.2 Å². The lowest BCUT2D eigenvalue weighted by Gasteiger charge is -2.21. The van der Waals surface area contributed by atoms with Crippen molar-refractivity contribution in [2.75, 3.05) is 19.0 Å². The molecule has 0 N–H and O–H groups in total. The summed E-state index contributed by atoms with van der Waals surface area (Å²) in [5.41, 5.74) is 0.672. The third-order valence-corrected chi connectivity index (χ3v) is 3.72. The predicted octanol–water partition coefficient (Wildman–Crippen LogP) is 3.60. The maximum absolute atomic E-state index is 12.5. The van der Waals surface area contributed by atoms with Gasteiger partial charge in [0.25, 0.3) is 0 Å². The fraction of sp³-hybridized carbons (Fsp3) is 0.769. The Labute approximate surface area is 121 Å². The summed E-state index contributed by atoms with van der Waals surface area (Å²) in [6.07, 6.45) is 2.28. The van der Waals surface area contributed by atoms with Crippen molar-refractivity contribution in [3.05, 3.63) is 18.0 Å². The van der Waals surface area contributed by atoms with E-state index in [-0.39, 0.29) is 19.0 Å². The van der Waals surface area contributed by atoms with Crippen LogP contribution in [0.2, 0.25) is 0 Å². The highest BCUT2D eigenvalue weighted by molar-refractivity contribution is 6.18. The summed E-state index contributed by atoms with van der Waals surface area (Å²) in [4.78, 5) is 1.29. The van der Waals surface area contributed by atoms with Crippen molar-refractivity contribution in [1.29, 1.82) is 0 Å². The number of aromatic nitrogens is 2. The summed E-state index contributed by atoms with van der Waals surface area (Å²) in [5, 5.41) is 4.41. The molecule has 0 saturated heterocycles. The van der Waals surface area contributed by atoms with Gasteiger partial charge in [-0.2, -0.15) is 18.3 Å². The Balaban J connectivity index is 1.95. The molecular formula is C13H19ClF3N3. The summed E-state index contributed by atoms with van der Waals surface area (Å²) >= 11 is 5.57. The van der Waals surface area contributed by atoms with Crippen molar-refractivity contribution in [2.24, 2.45) is 0 Å². The molecule has 0 bridgehead atoms. The monoisotopic (exact) mass is 309 g/mol. The molecule has 0 amide bonds. The van der Waals surface area contributed by atoms with E-state index >= 15 is 0 Å². The molecule has 1 aliphatic rings. The van der Waals surface area contributed by atoms with E-state index in [2.05, 4.69) is 5.10 Å². The first-order chi connectivity index (χ1) is 9.48. The van der Waals surface area contributed by atoms with Crippen LogP contribution in [0, 0.1) is 0 Å². The maximum Gasteiger partial charge on any atom is 0.401 e. The minimum Gasteiger partial charge on any atom is -0.288 e. The third kappa shape index (κ3) is 4.66. The van der Waals surface area contributed by atoms with Crippen LogP contribution in [0.25, 0.3) is 0 Å². The zero-order chi connectivity index (χ0) is 14.6. The summed E-state index contributed by atoms with van der Waals surface area (Å²) in [5.74, 6) is 0.180. The SMILES string of the molecule is FC(F)(F)CN(CCCl)Cc1ccn(C2CCCC2)n1. The van der Waals surface area contributed by atoms with Crippen molar-refractivity contribution in [3.8, 4) is 0 Å². The van der Waals surface area contributed by atoms with Crippen LogP contribution >= 0.6 is 11.6 Å². The Kier molecular flexibility index (Phi) is 5.32. The smallest absolute Gasteiger partial charge is 0.288 e. The molecule has 114 valence electrons. The van der Waals surface area contributed by atoms with Crippen LogP contribution in [0.4, 0.5) is 13.2 Å². The minimum absolute atomic E-state index is 0.180. The summed E-state index contributed by atoms with van der Waals surface area (Å²) in [7, 11) is 0. The largest absolute Gasteiger partial charge is 0.401 e. The Hall–Kier alpha value is -0.750. The van der Waals surface area contributed by atoms with Gasteiger partial charge in [0.15, 0.2) is 0 Å². The van der Waals surface area contributed by atoms with Gasteiger partial charge in [0.2, 0.25) is 0 Å². The highest BCUT2D eigenvalue weighted by atomic mass is 35.5. The maximum atomic E-state index is 12.5. The van der Waals surface area contributed by atoms with Gasteiger partial charge in [-0.3, -0.25) is 9.58 Å². The van der Waals surface area contributed by atoms with Gasteiger partial charge >= 0.3 is 6.18 Å². The third-order valence-electron chi connectivity index (χ3n) is 3.55. The highest BCUT2D eigenvalue weighted by Crippen LogP contribution is 2.28. The summed E-state index contributed by atoms with van der Waals surface area (Å²) in [6.45, 7) is -0.556. The van der Waals surface area contributed by atoms with Crippen LogP contribution in [0.15, 0.2) is 12.3 Å². The van der Waals surface area contributed by atoms with Gasteiger partial charge in [0.05, 0.1) is 18.3 Å². The second kappa shape index (κ2) is 6.80. The summed E-state index contributed by atoms with van der Waals surface area (Å²) in [6, 6.07) is 2.21. The molecule has 20 heavy (non-hydrogen) atoms. The number of rotatable bonds is 6. The van der Waals surface area contributed by atoms with Gasteiger partial charge < -0.3 is 0 Å². The molecule has 1 saturated carbocycles. The lowest BCUT2D eigenvalue weighted by atomic mass is 10.3. The van der Waals surface area contributed by atoms with Crippen molar-refractivity contribution in [1.82, 2.24) is 14.7 Å². The summed E-state index contributed by atoms with van der Waals surface area (Å²) < 4.78 is 39.3. The van der Waals surface area contributed by atoms with Gasteiger partial charge in [-0.05, 0) is 18.9 Å².